The van der Waals surface area contributed by atoms with Crippen molar-refractivity contribution in [3.8, 4) is 5.69 Å². The number of halogens is 1. The third-order valence-corrected chi connectivity index (χ3v) is 4.33. The Balaban J connectivity index is 1.82. The van der Waals surface area contributed by atoms with Crippen molar-refractivity contribution in [1.29, 1.82) is 0 Å². The maximum absolute atomic E-state index is 13.6. The highest BCUT2D eigenvalue weighted by molar-refractivity contribution is 5.92. The minimum atomic E-state index is -0.360. The van der Waals surface area contributed by atoms with E-state index in [0.717, 1.165) is 5.56 Å². The summed E-state index contributed by atoms with van der Waals surface area (Å²) >= 11 is 0. The van der Waals surface area contributed by atoms with Crippen LogP contribution in [0.2, 0.25) is 0 Å². The van der Waals surface area contributed by atoms with Gasteiger partial charge in [-0.3, -0.25) is 4.79 Å². The van der Waals surface area contributed by atoms with Crippen molar-refractivity contribution in [2.45, 2.75) is 25.5 Å². The lowest BCUT2D eigenvalue weighted by atomic mass is 10.2. The molecule has 1 aromatic carbocycles. The standard InChI is InChI=1S/C17H21FN4O3/c1-11-4-12(18)6-13(5-11)22-9-16(19-20-22)17(23)21-8-15(25-3)7-14(21)10-24-2/h4-6,9,14-15H,7-8,10H2,1-3H3/t14-,15+/m0/s1. The number of benzene rings is 1. The lowest BCUT2D eigenvalue weighted by Crippen LogP contribution is -2.38. The summed E-state index contributed by atoms with van der Waals surface area (Å²) in [6, 6.07) is 4.48. The summed E-state index contributed by atoms with van der Waals surface area (Å²) in [7, 11) is 3.23. The van der Waals surface area contributed by atoms with E-state index in [1.54, 1.807) is 32.1 Å². The summed E-state index contributed by atoms with van der Waals surface area (Å²) in [4.78, 5) is 14.5. The zero-order valence-electron chi connectivity index (χ0n) is 14.5. The number of carbonyl (C=O) groups excluding carboxylic acids is 1. The Morgan fingerprint density at radius 2 is 2.16 bits per heavy atom. The minimum absolute atomic E-state index is 0.0231. The van der Waals surface area contributed by atoms with Crippen LogP contribution in [0.5, 0.6) is 0 Å². The highest BCUT2D eigenvalue weighted by Gasteiger charge is 2.36. The molecule has 1 saturated heterocycles. The second kappa shape index (κ2) is 7.28. The number of methoxy groups -OCH3 is 2. The fraction of sp³-hybridized carbons (Fsp3) is 0.471. The van der Waals surface area contributed by atoms with E-state index in [1.807, 2.05) is 0 Å². The van der Waals surface area contributed by atoms with Crippen LogP contribution in [0.4, 0.5) is 4.39 Å². The van der Waals surface area contributed by atoms with Crippen molar-refractivity contribution < 1.29 is 18.7 Å². The van der Waals surface area contributed by atoms with Crippen LogP contribution in [0, 0.1) is 12.7 Å². The first-order chi connectivity index (χ1) is 12.0. The lowest BCUT2D eigenvalue weighted by Gasteiger charge is -2.22. The molecule has 0 spiro atoms. The number of ether oxygens (including phenoxy) is 2. The topological polar surface area (TPSA) is 69.5 Å². The first-order valence-corrected chi connectivity index (χ1v) is 8.04. The van der Waals surface area contributed by atoms with Crippen molar-refractivity contribution in [2.24, 2.45) is 0 Å². The number of carbonyl (C=O) groups is 1. The van der Waals surface area contributed by atoms with E-state index in [2.05, 4.69) is 10.3 Å². The molecule has 1 aliphatic heterocycles. The third kappa shape index (κ3) is 3.69. The van der Waals surface area contributed by atoms with Gasteiger partial charge in [0.2, 0.25) is 0 Å². The Kier molecular flexibility index (Phi) is 5.10. The molecule has 1 fully saturated rings. The van der Waals surface area contributed by atoms with Gasteiger partial charge in [-0.25, -0.2) is 9.07 Å². The average molecular weight is 348 g/mol. The second-order valence-electron chi connectivity index (χ2n) is 6.20. The van der Waals surface area contributed by atoms with E-state index in [0.29, 0.717) is 25.3 Å². The number of aryl methyl sites for hydroxylation is 1. The quantitative estimate of drug-likeness (QED) is 0.821. The van der Waals surface area contributed by atoms with Crippen molar-refractivity contribution in [3.05, 3.63) is 41.5 Å². The summed E-state index contributed by atoms with van der Waals surface area (Å²) in [6.45, 7) is 2.71. The summed E-state index contributed by atoms with van der Waals surface area (Å²) in [5.74, 6) is -0.595. The molecule has 0 saturated carbocycles. The van der Waals surface area contributed by atoms with Gasteiger partial charge in [0.25, 0.3) is 5.91 Å². The largest absolute Gasteiger partial charge is 0.383 e. The van der Waals surface area contributed by atoms with E-state index in [4.69, 9.17) is 9.47 Å². The molecule has 0 unspecified atom stereocenters. The number of likely N-dealkylation sites (tertiary alicyclic amines) is 1. The Labute approximate surface area is 145 Å². The molecule has 7 nitrogen and oxygen atoms in total. The Hall–Kier alpha value is -2.32. The van der Waals surface area contributed by atoms with Crippen LogP contribution in [-0.4, -0.2) is 65.3 Å². The fourth-order valence-electron chi connectivity index (χ4n) is 3.13. The van der Waals surface area contributed by atoms with Crippen LogP contribution in [0.15, 0.2) is 24.4 Å². The Bertz CT molecular complexity index is 744. The summed E-state index contributed by atoms with van der Waals surface area (Å²) < 4.78 is 25.6. The highest BCUT2D eigenvalue weighted by atomic mass is 19.1. The molecule has 0 radical (unpaired) electrons. The van der Waals surface area contributed by atoms with Crippen molar-refractivity contribution in [1.82, 2.24) is 19.9 Å². The molecule has 0 aliphatic carbocycles. The van der Waals surface area contributed by atoms with Gasteiger partial charge in [-0.05, 0) is 37.1 Å². The van der Waals surface area contributed by atoms with Gasteiger partial charge in [0.15, 0.2) is 5.69 Å². The maximum Gasteiger partial charge on any atom is 0.276 e. The van der Waals surface area contributed by atoms with Gasteiger partial charge in [0.1, 0.15) is 5.82 Å². The van der Waals surface area contributed by atoms with Crippen LogP contribution < -0.4 is 0 Å². The molecule has 1 amide bonds. The molecule has 0 bridgehead atoms. The molecule has 25 heavy (non-hydrogen) atoms. The van der Waals surface area contributed by atoms with E-state index in [1.165, 1.54) is 23.0 Å². The average Bonchev–Trinajstić information content (AvgIpc) is 3.21. The van der Waals surface area contributed by atoms with Crippen LogP contribution in [-0.2, 0) is 9.47 Å². The van der Waals surface area contributed by atoms with Gasteiger partial charge in [-0.15, -0.1) is 5.10 Å². The molecule has 8 heteroatoms. The number of nitrogens with zero attached hydrogens (tertiary/aromatic N) is 4. The smallest absolute Gasteiger partial charge is 0.276 e. The fourth-order valence-corrected chi connectivity index (χ4v) is 3.13. The predicted molar refractivity (Wildman–Crippen MR) is 88.2 cm³/mol. The Morgan fingerprint density at radius 3 is 2.84 bits per heavy atom. The first kappa shape index (κ1) is 17.5. The summed E-state index contributed by atoms with van der Waals surface area (Å²) in [5.41, 5.74) is 1.49. The highest BCUT2D eigenvalue weighted by Crippen LogP contribution is 2.22. The normalized spacial score (nSPS) is 20.2. The van der Waals surface area contributed by atoms with Crippen LogP contribution in [0.25, 0.3) is 5.69 Å². The second-order valence-corrected chi connectivity index (χ2v) is 6.20. The zero-order chi connectivity index (χ0) is 18.0. The van der Waals surface area contributed by atoms with Crippen LogP contribution in [0.1, 0.15) is 22.5 Å². The van der Waals surface area contributed by atoms with Crippen molar-refractivity contribution in [3.63, 3.8) is 0 Å². The van der Waals surface area contributed by atoms with Gasteiger partial charge >= 0.3 is 0 Å². The summed E-state index contributed by atoms with van der Waals surface area (Å²) in [6.07, 6.45) is 2.21. The van der Waals surface area contributed by atoms with E-state index >= 15 is 0 Å². The maximum atomic E-state index is 13.6. The third-order valence-electron chi connectivity index (χ3n) is 4.33. The molecule has 2 aromatic rings. The number of amides is 1. The van der Waals surface area contributed by atoms with Gasteiger partial charge in [0.05, 0.1) is 30.6 Å². The SMILES string of the molecule is COC[C@@H]1C[C@@H](OC)CN1C(=O)c1cn(-c2cc(C)cc(F)c2)nn1. The monoisotopic (exact) mass is 348 g/mol. The Morgan fingerprint density at radius 1 is 1.36 bits per heavy atom. The van der Waals surface area contributed by atoms with E-state index in [9.17, 15) is 9.18 Å². The van der Waals surface area contributed by atoms with E-state index in [-0.39, 0.29) is 29.6 Å². The minimum Gasteiger partial charge on any atom is -0.383 e. The molecular formula is C17H21FN4O3. The molecule has 1 aliphatic rings. The van der Waals surface area contributed by atoms with E-state index < -0.39 is 0 Å². The molecule has 2 atom stereocenters. The van der Waals surface area contributed by atoms with Gasteiger partial charge in [-0.2, -0.15) is 0 Å². The zero-order valence-corrected chi connectivity index (χ0v) is 14.5. The van der Waals surface area contributed by atoms with Gasteiger partial charge in [0, 0.05) is 20.8 Å². The van der Waals surface area contributed by atoms with Crippen LogP contribution >= 0.6 is 0 Å². The summed E-state index contributed by atoms with van der Waals surface area (Å²) in [5, 5.41) is 7.92. The van der Waals surface area contributed by atoms with Crippen molar-refractivity contribution >= 4 is 5.91 Å². The molecule has 3 rings (SSSR count). The number of hydrogen-bond acceptors (Lipinski definition) is 5. The van der Waals surface area contributed by atoms with Crippen LogP contribution in [0.3, 0.4) is 0 Å². The molecule has 2 heterocycles. The van der Waals surface area contributed by atoms with Crippen molar-refractivity contribution in [2.75, 3.05) is 27.4 Å². The van der Waals surface area contributed by atoms with Gasteiger partial charge in [-0.1, -0.05) is 5.21 Å². The molecular weight excluding hydrogens is 327 g/mol. The van der Waals surface area contributed by atoms with Gasteiger partial charge < -0.3 is 14.4 Å². The number of aromatic nitrogens is 3. The molecule has 134 valence electrons. The predicted octanol–water partition coefficient (Wildman–Crippen LogP) is 1.59. The first-order valence-electron chi connectivity index (χ1n) is 8.04. The molecule has 1 aromatic heterocycles. The molecule has 0 N–H and O–H groups in total. The number of hydrogen-bond donors (Lipinski definition) is 0. The number of rotatable bonds is 5. The lowest BCUT2D eigenvalue weighted by molar-refractivity contribution is 0.0606.